The zero-order chi connectivity index (χ0) is 11.3. The van der Waals surface area contributed by atoms with Crippen LogP contribution in [0.15, 0.2) is 11.1 Å². The fraction of sp³-hybridized carbons (Fsp3) is 0.692. The Hall–Kier alpha value is -1.30. The number of allylic oxidation sites excluding steroid dienone is 1. The molecule has 1 N–H and O–H groups in total. The molecule has 0 radical (unpaired) electrons. The van der Waals surface area contributed by atoms with Crippen LogP contribution in [0.1, 0.15) is 32.1 Å². The maximum Gasteiger partial charge on any atom is 0.346 e. The number of nitrogens with zero attached hydrogens (tertiary/aromatic N) is 1. The Balaban J connectivity index is 2.03. The third-order valence-electron chi connectivity index (χ3n) is 4.63. The SMILES string of the molecule is N#CC(C(=O)O)=C1C2CC3CC(C2)CC1C3. The average Bonchev–Trinajstić information content (AvgIpc) is 2.21. The van der Waals surface area contributed by atoms with E-state index in [1.54, 1.807) is 0 Å². The minimum atomic E-state index is -1.02. The largest absolute Gasteiger partial charge is 0.477 e. The van der Waals surface area contributed by atoms with Gasteiger partial charge in [0, 0.05) is 0 Å². The first kappa shape index (κ1) is 9.89. The summed E-state index contributed by atoms with van der Waals surface area (Å²) >= 11 is 0. The van der Waals surface area contributed by atoms with Gasteiger partial charge >= 0.3 is 5.97 Å². The van der Waals surface area contributed by atoms with E-state index in [2.05, 4.69) is 0 Å². The van der Waals surface area contributed by atoms with Crippen LogP contribution in [0, 0.1) is 35.0 Å². The van der Waals surface area contributed by atoms with E-state index in [0.29, 0.717) is 11.8 Å². The van der Waals surface area contributed by atoms with Crippen molar-refractivity contribution in [3.63, 3.8) is 0 Å². The number of carbonyl (C=O) groups is 1. The second-order valence-corrected chi connectivity index (χ2v) is 5.55. The number of carboxylic acid groups (broad SMARTS) is 1. The summed E-state index contributed by atoms with van der Waals surface area (Å²) in [7, 11) is 0. The van der Waals surface area contributed by atoms with Crippen molar-refractivity contribution in [3.8, 4) is 6.07 Å². The highest BCUT2D eigenvalue weighted by molar-refractivity contribution is 5.92. The molecule has 0 aromatic heterocycles. The molecule has 0 unspecified atom stereocenters. The van der Waals surface area contributed by atoms with E-state index in [-0.39, 0.29) is 5.57 Å². The summed E-state index contributed by atoms with van der Waals surface area (Å²) in [6.07, 6.45) is 5.85. The highest BCUT2D eigenvalue weighted by atomic mass is 16.4. The van der Waals surface area contributed by atoms with Crippen LogP contribution in [0.3, 0.4) is 0 Å². The molecule has 3 nitrogen and oxygen atoms in total. The van der Waals surface area contributed by atoms with Gasteiger partial charge in [-0.25, -0.2) is 4.79 Å². The van der Waals surface area contributed by atoms with Gasteiger partial charge in [-0.05, 0) is 61.3 Å². The standard InChI is InChI=1S/C13H15NO2/c14-6-11(13(15)16)12-9-2-7-1-8(4-9)5-10(12)3-7/h7-10H,1-5H2,(H,15,16). The molecule has 4 aliphatic carbocycles. The maximum absolute atomic E-state index is 11.1. The number of rotatable bonds is 1. The first-order valence-electron chi connectivity index (χ1n) is 6.06. The normalized spacial score (nSPS) is 39.6. The van der Waals surface area contributed by atoms with Gasteiger partial charge in [-0.15, -0.1) is 0 Å². The Kier molecular flexibility index (Phi) is 2.07. The summed E-state index contributed by atoms with van der Waals surface area (Å²) in [5, 5.41) is 18.1. The Morgan fingerprint density at radius 1 is 1.12 bits per heavy atom. The number of hydrogen-bond acceptors (Lipinski definition) is 2. The molecule has 0 amide bonds. The molecule has 84 valence electrons. The van der Waals surface area contributed by atoms with Gasteiger partial charge in [0.2, 0.25) is 0 Å². The van der Waals surface area contributed by atoms with Crippen LogP contribution in [0.5, 0.6) is 0 Å². The topological polar surface area (TPSA) is 61.1 Å². The van der Waals surface area contributed by atoms with Gasteiger partial charge in [-0.2, -0.15) is 5.26 Å². The van der Waals surface area contributed by atoms with Crippen molar-refractivity contribution in [1.82, 2.24) is 0 Å². The first-order valence-corrected chi connectivity index (χ1v) is 6.06. The van der Waals surface area contributed by atoms with Crippen LogP contribution in [0.2, 0.25) is 0 Å². The van der Waals surface area contributed by atoms with Gasteiger partial charge in [0.05, 0.1) is 0 Å². The molecule has 0 atom stereocenters. The van der Waals surface area contributed by atoms with E-state index in [1.165, 1.54) is 6.42 Å². The molecule has 0 aromatic rings. The number of carboxylic acids is 1. The third-order valence-corrected chi connectivity index (χ3v) is 4.63. The van der Waals surface area contributed by atoms with E-state index in [1.807, 2.05) is 6.07 Å². The van der Waals surface area contributed by atoms with Crippen molar-refractivity contribution in [2.45, 2.75) is 32.1 Å². The molecular formula is C13H15NO2. The zero-order valence-electron chi connectivity index (χ0n) is 9.15. The van der Waals surface area contributed by atoms with Crippen LogP contribution in [0.25, 0.3) is 0 Å². The van der Waals surface area contributed by atoms with Crippen molar-refractivity contribution in [2.24, 2.45) is 23.7 Å². The van der Waals surface area contributed by atoms with Crippen LogP contribution in [0.4, 0.5) is 0 Å². The van der Waals surface area contributed by atoms with E-state index >= 15 is 0 Å². The van der Waals surface area contributed by atoms with Gasteiger partial charge in [0.15, 0.2) is 0 Å². The summed E-state index contributed by atoms with van der Waals surface area (Å²) in [4.78, 5) is 11.1. The van der Waals surface area contributed by atoms with Gasteiger partial charge in [0.1, 0.15) is 11.6 Å². The maximum atomic E-state index is 11.1. The van der Waals surface area contributed by atoms with Gasteiger partial charge < -0.3 is 5.11 Å². The molecule has 0 spiro atoms. The minimum Gasteiger partial charge on any atom is -0.477 e. The van der Waals surface area contributed by atoms with Gasteiger partial charge in [0.25, 0.3) is 0 Å². The third kappa shape index (κ3) is 1.29. The molecule has 4 bridgehead atoms. The van der Waals surface area contributed by atoms with Crippen LogP contribution in [-0.4, -0.2) is 11.1 Å². The predicted molar refractivity (Wildman–Crippen MR) is 57.3 cm³/mol. The van der Waals surface area contributed by atoms with Crippen LogP contribution >= 0.6 is 0 Å². The Morgan fingerprint density at radius 2 is 1.62 bits per heavy atom. The number of hydrogen-bond donors (Lipinski definition) is 1. The Bertz CT molecular complexity index is 386. The van der Waals surface area contributed by atoms with Crippen molar-refractivity contribution in [2.75, 3.05) is 0 Å². The Morgan fingerprint density at radius 3 is 2.00 bits per heavy atom. The monoisotopic (exact) mass is 217 g/mol. The van der Waals surface area contributed by atoms with Gasteiger partial charge in [-0.3, -0.25) is 0 Å². The molecule has 0 aliphatic heterocycles. The molecular weight excluding hydrogens is 202 g/mol. The lowest BCUT2D eigenvalue weighted by Gasteiger charge is -2.51. The minimum absolute atomic E-state index is 0.0498. The molecule has 4 rings (SSSR count). The fourth-order valence-corrected chi connectivity index (χ4v) is 4.34. The fourth-order valence-electron chi connectivity index (χ4n) is 4.34. The predicted octanol–water partition coefficient (Wildman–Crippen LogP) is 2.35. The molecule has 4 aliphatic rings. The van der Waals surface area contributed by atoms with E-state index < -0.39 is 5.97 Å². The molecule has 3 heteroatoms. The molecule has 4 saturated carbocycles. The Labute approximate surface area is 94.8 Å². The van der Waals surface area contributed by atoms with Crippen molar-refractivity contribution < 1.29 is 9.90 Å². The van der Waals surface area contributed by atoms with Crippen LogP contribution in [-0.2, 0) is 4.79 Å². The summed E-state index contributed by atoms with van der Waals surface area (Å²) in [5.41, 5.74) is 1.04. The lowest BCUT2D eigenvalue weighted by Crippen LogP contribution is -2.41. The molecule has 16 heavy (non-hydrogen) atoms. The molecule has 0 heterocycles. The quantitative estimate of drug-likeness (QED) is 0.541. The second kappa shape index (κ2) is 3.35. The second-order valence-electron chi connectivity index (χ2n) is 5.55. The summed E-state index contributed by atoms with van der Waals surface area (Å²) in [6, 6.07) is 1.91. The summed E-state index contributed by atoms with van der Waals surface area (Å²) in [6.45, 7) is 0. The van der Waals surface area contributed by atoms with Crippen molar-refractivity contribution in [1.29, 1.82) is 5.26 Å². The highest BCUT2D eigenvalue weighted by Crippen LogP contribution is 2.56. The van der Waals surface area contributed by atoms with Gasteiger partial charge in [-0.1, -0.05) is 0 Å². The molecule has 4 fully saturated rings. The number of aliphatic carboxylic acids is 1. The molecule has 0 saturated heterocycles. The lowest BCUT2D eigenvalue weighted by atomic mass is 9.53. The zero-order valence-corrected chi connectivity index (χ0v) is 9.15. The highest BCUT2D eigenvalue weighted by Gasteiger charge is 2.46. The summed E-state index contributed by atoms with van der Waals surface area (Å²) in [5.74, 6) is 1.40. The lowest BCUT2D eigenvalue weighted by molar-refractivity contribution is -0.132. The van der Waals surface area contributed by atoms with Crippen molar-refractivity contribution >= 4 is 5.97 Å². The van der Waals surface area contributed by atoms with Crippen LogP contribution < -0.4 is 0 Å². The molecule has 0 aromatic carbocycles. The van der Waals surface area contributed by atoms with Crippen molar-refractivity contribution in [3.05, 3.63) is 11.1 Å². The van der Waals surface area contributed by atoms with E-state index in [0.717, 1.165) is 43.1 Å². The number of nitriles is 1. The summed E-state index contributed by atoms with van der Waals surface area (Å²) < 4.78 is 0. The van der Waals surface area contributed by atoms with E-state index in [9.17, 15) is 4.79 Å². The van der Waals surface area contributed by atoms with E-state index in [4.69, 9.17) is 10.4 Å². The first-order chi connectivity index (χ1) is 7.69. The smallest absolute Gasteiger partial charge is 0.346 e. The average molecular weight is 217 g/mol.